The zero-order valence-electron chi connectivity index (χ0n) is 16.1. The Kier molecular flexibility index (Phi) is 5.16. The lowest BCUT2D eigenvalue weighted by Crippen LogP contribution is -2.51. The Morgan fingerprint density at radius 1 is 0.962 bits per heavy atom. The molecule has 26 heavy (non-hydrogen) atoms. The number of aromatic nitrogens is 1. The van der Waals surface area contributed by atoms with Crippen molar-refractivity contribution in [3.8, 4) is 0 Å². The van der Waals surface area contributed by atoms with E-state index >= 15 is 0 Å². The molecule has 1 aromatic heterocycles. The van der Waals surface area contributed by atoms with Gasteiger partial charge in [-0.25, -0.2) is 0 Å². The predicted molar refractivity (Wildman–Crippen MR) is 102 cm³/mol. The van der Waals surface area contributed by atoms with Crippen molar-refractivity contribution in [3.63, 3.8) is 0 Å². The number of carbonyl (C=O) groups excluding carboxylic acids is 2. The van der Waals surface area contributed by atoms with Gasteiger partial charge in [0.25, 0.3) is 5.91 Å². The van der Waals surface area contributed by atoms with Gasteiger partial charge in [0.15, 0.2) is 0 Å². The quantitative estimate of drug-likeness (QED) is 0.922. The van der Waals surface area contributed by atoms with Crippen LogP contribution in [-0.2, 0) is 11.2 Å². The van der Waals surface area contributed by atoms with E-state index in [2.05, 4.69) is 38.7 Å². The average Bonchev–Trinajstić information content (AvgIpc) is 3.17. The molecule has 1 aliphatic rings. The molecule has 1 saturated heterocycles. The standard InChI is InChI=1S/C21H27N3O2/c1-14-12-15(2)17(4)18(16(14)3)13-20(25)23-8-10-24(11-9-23)21(26)19-6-5-7-22-19/h5-7,12,22H,8-11,13H2,1-4H3. The first-order valence-electron chi connectivity index (χ1n) is 9.15. The molecule has 2 amide bonds. The summed E-state index contributed by atoms with van der Waals surface area (Å²) in [6, 6.07) is 5.79. The maximum absolute atomic E-state index is 12.8. The number of hydrogen-bond donors (Lipinski definition) is 1. The van der Waals surface area contributed by atoms with Crippen LogP contribution >= 0.6 is 0 Å². The van der Waals surface area contributed by atoms with Crippen molar-refractivity contribution in [3.05, 3.63) is 57.9 Å². The molecule has 0 aliphatic carbocycles. The molecular weight excluding hydrogens is 326 g/mol. The Labute approximate surface area is 155 Å². The molecule has 1 fully saturated rings. The minimum atomic E-state index is 0.00287. The van der Waals surface area contributed by atoms with E-state index < -0.39 is 0 Å². The van der Waals surface area contributed by atoms with Gasteiger partial charge < -0.3 is 14.8 Å². The largest absolute Gasteiger partial charge is 0.357 e. The van der Waals surface area contributed by atoms with Crippen LogP contribution in [0.1, 0.15) is 38.3 Å². The first kappa shape index (κ1) is 18.2. The molecule has 1 aromatic carbocycles. The van der Waals surface area contributed by atoms with Crippen molar-refractivity contribution in [1.29, 1.82) is 0 Å². The van der Waals surface area contributed by atoms with E-state index in [4.69, 9.17) is 0 Å². The summed E-state index contributed by atoms with van der Waals surface area (Å²) in [4.78, 5) is 31.8. The summed E-state index contributed by atoms with van der Waals surface area (Å²) in [5.74, 6) is 0.149. The molecule has 5 nitrogen and oxygen atoms in total. The second kappa shape index (κ2) is 7.36. The third-order valence-electron chi connectivity index (χ3n) is 5.60. The van der Waals surface area contributed by atoms with Gasteiger partial charge in [0.1, 0.15) is 5.69 Å². The van der Waals surface area contributed by atoms with Crippen LogP contribution < -0.4 is 0 Å². The molecule has 2 aromatic rings. The number of carbonyl (C=O) groups is 2. The number of benzene rings is 1. The minimum absolute atomic E-state index is 0.00287. The molecule has 0 radical (unpaired) electrons. The van der Waals surface area contributed by atoms with E-state index in [1.165, 1.54) is 22.3 Å². The normalized spacial score (nSPS) is 14.6. The Balaban J connectivity index is 1.64. The third kappa shape index (κ3) is 3.52. The van der Waals surface area contributed by atoms with Crippen LogP contribution in [0, 0.1) is 27.7 Å². The lowest BCUT2D eigenvalue weighted by molar-refractivity contribution is -0.131. The van der Waals surface area contributed by atoms with Crippen LogP contribution in [-0.4, -0.2) is 52.8 Å². The highest BCUT2D eigenvalue weighted by atomic mass is 16.2. The fraction of sp³-hybridized carbons (Fsp3) is 0.429. The molecule has 3 rings (SSSR count). The predicted octanol–water partition coefficient (Wildman–Crippen LogP) is 2.78. The van der Waals surface area contributed by atoms with Crippen molar-refractivity contribution in [2.45, 2.75) is 34.1 Å². The highest BCUT2D eigenvalue weighted by Crippen LogP contribution is 2.23. The smallest absolute Gasteiger partial charge is 0.270 e. The van der Waals surface area contributed by atoms with Gasteiger partial charge in [-0.15, -0.1) is 0 Å². The summed E-state index contributed by atoms with van der Waals surface area (Å²) in [5.41, 5.74) is 6.64. The lowest BCUT2D eigenvalue weighted by atomic mass is 9.92. The van der Waals surface area contributed by atoms with Crippen molar-refractivity contribution < 1.29 is 9.59 Å². The van der Waals surface area contributed by atoms with Crippen LogP contribution in [0.15, 0.2) is 24.4 Å². The molecule has 0 unspecified atom stereocenters. The second-order valence-electron chi connectivity index (χ2n) is 7.17. The Hall–Kier alpha value is -2.56. The van der Waals surface area contributed by atoms with Crippen LogP contribution in [0.4, 0.5) is 0 Å². The Morgan fingerprint density at radius 3 is 2.08 bits per heavy atom. The van der Waals surface area contributed by atoms with E-state index in [0.29, 0.717) is 38.3 Å². The first-order valence-corrected chi connectivity index (χ1v) is 9.15. The molecule has 0 saturated carbocycles. The third-order valence-corrected chi connectivity index (χ3v) is 5.60. The number of amides is 2. The summed E-state index contributed by atoms with van der Waals surface area (Å²) in [6.45, 7) is 10.7. The van der Waals surface area contributed by atoms with Crippen molar-refractivity contribution in [2.75, 3.05) is 26.2 Å². The van der Waals surface area contributed by atoms with Gasteiger partial charge in [0, 0.05) is 32.4 Å². The number of nitrogens with zero attached hydrogens (tertiary/aromatic N) is 2. The molecule has 0 atom stereocenters. The number of H-pyrrole nitrogens is 1. The number of aryl methyl sites for hydroxylation is 2. The van der Waals surface area contributed by atoms with Crippen molar-refractivity contribution in [1.82, 2.24) is 14.8 Å². The maximum atomic E-state index is 12.8. The van der Waals surface area contributed by atoms with Gasteiger partial charge in [-0.05, 0) is 67.6 Å². The minimum Gasteiger partial charge on any atom is -0.357 e. The molecule has 1 N–H and O–H groups in total. The van der Waals surface area contributed by atoms with Crippen LogP contribution in [0.25, 0.3) is 0 Å². The maximum Gasteiger partial charge on any atom is 0.270 e. The molecule has 138 valence electrons. The monoisotopic (exact) mass is 353 g/mol. The lowest BCUT2D eigenvalue weighted by Gasteiger charge is -2.35. The fourth-order valence-electron chi connectivity index (χ4n) is 3.62. The van der Waals surface area contributed by atoms with E-state index in [-0.39, 0.29) is 11.8 Å². The summed E-state index contributed by atoms with van der Waals surface area (Å²) in [6.07, 6.45) is 2.19. The molecule has 1 aliphatic heterocycles. The van der Waals surface area contributed by atoms with Crippen LogP contribution in [0.5, 0.6) is 0 Å². The highest BCUT2D eigenvalue weighted by molar-refractivity contribution is 5.92. The zero-order chi connectivity index (χ0) is 18.8. The average molecular weight is 353 g/mol. The molecule has 5 heteroatoms. The van der Waals surface area contributed by atoms with E-state index in [1.807, 2.05) is 15.9 Å². The second-order valence-corrected chi connectivity index (χ2v) is 7.17. The fourth-order valence-corrected chi connectivity index (χ4v) is 3.62. The molecule has 2 heterocycles. The van der Waals surface area contributed by atoms with Gasteiger partial charge in [-0.3, -0.25) is 9.59 Å². The van der Waals surface area contributed by atoms with Crippen LogP contribution in [0.2, 0.25) is 0 Å². The van der Waals surface area contributed by atoms with E-state index in [1.54, 1.807) is 12.3 Å². The highest BCUT2D eigenvalue weighted by Gasteiger charge is 2.26. The van der Waals surface area contributed by atoms with Gasteiger partial charge in [-0.1, -0.05) is 6.07 Å². The van der Waals surface area contributed by atoms with Gasteiger partial charge in [-0.2, -0.15) is 0 Å². The SMILES string of the molecule is Cc1cc(C)c(C)c(CC(=O)N2CCN(C(=O)c3ccc[nH]3)CC2)c1C. The molecule has 0 spiro atoms. The van der Waals surface area contributed by atoms with Gasteiger partial charge >= 0.3 is 0 Å². The molecular formula is C21H27N3O2. The van der Waals surface area contributed by atoms with Gasteiger partial charge in [0.2, 0.25) is 5.91 Å². The topological polar surface area (TPSA) is 56.4 Å². The molecule has 0 bridgehead atoms. The number of hydrogen-bond acceptors (Lipinski definition) is 2. The summed E-state index contributed by atoms with van der Waals surface area (Å²) >= 11 is 0. The number of aromatic amines is 1. The number of nitrogens with one attached hydrogen (secondary N) is 1. The summed E-state index contributed by atoms with van der Waals surface area (Å²) in [7, 11) is 0. The number of rotatable bonds is 3. The van der Waals surface area contributed by atoms with E-state index in [9.17, 15) is 9.59 Å². The van der Waals surface area contributed by atoms with Gasteiger partial charge in [0.05, 0.1) is 6.42 Å². The number of piperazine rings is 1. The van der Waals surface area contributed by atoms with Crippen molar-refractivity contribution in [2.24, 2.45) is 0 Å². The Bertz CT molecular complexity index is 790. The Morgan fingerprint density at radius 2 is 1.54 bits per heavy atom. The first-order chi connectivity index (χ1) is 12.4. The summed E-state index contributed by atoms with van der Waals surface area (Å²) in [5, 5.41) is 0. The van der Waals surface area contributed by atoms with Crippen LogP contribution in [0.3, 0.4) is 0 Å². The van der Waals surface area contributed by atoms with Crippen molar-refractivity contribution >= 4 is 11.8 Å². The van der Waals surface area contributed by atoms with E-state index in [0.717, 1.165) is 5.56 Å². The zero-order valence-corrected chi connectivity index (χ0v) is 16.1. The summed E-state index contributed by atoms with van der Waals surface area (Å²) < 4.78 is 0.